The molecule has 0 spiro atoms. The molecule has 0 saturated carbocycles. The molecule has 3 rings (SSSR count). The third-order valence-electron chi connectivity index (χ3n) is 3.38. The molecule has 0 atom stereocenters. The maximum Gasteiger partial charge on any atom is 0.101 e. The summed E-state index contributed by atoms with van der Waals surface area (Å²) in [7, 11) is 0. The van der Waals surface area contributed by atoms with Crippen LogP contribution >= 0.6 is 15.9 Å². The van der Waals surface area contributed by atoms with Gasteiger partial charge in [0.1, 0.15) is 6.07 Å². The fourth-order valence-corrected chi connectivity index (χ4v) is 2.69. The zero-order chi connectivity index (χ0) is 14.8. The van der Waals surface area contributed by atoms with Crippen LogP contribution in [0.4, 0.5) is 11.4 Å². The first-order valence-corrected chi connectivity index (χ1v) is 7.42. The first-order valence-electron chi connectivity index (χ1n) is 6.63. The molecular weight excluding hydrogens is 324 g/mol. The summed E-state index contributed by atoms with van der Waals surface area (Å²) in [5.41, 5.74) is 3.55. The first-order chi connectivity index (χ1) is 10.2. The van der Waals surface area contributed by atoms with Gasteiger partial charge in [-0.15, -0.1) is 0 Å². The van der Waals surface area contributed by atoms with E-state index in [9.17, 15) is 5.26 Å². The van der Waals surface area contributed by atoms with E-state index in [1.54, 1.807) is 0 Å². The number of anilines is 2. The van der Waals surface area contributed by atoms with E-state index in [1.165, 1.54) is 5.39 Å². The van der Waals surface area contributed by atoms with Crippen molar-refractivity contribution < 1.29 is 0 Å². The molecule has 0 aromatic heterocycles. The predicted molar refractivity (Wildman–Crippen MR) is 90.8 cm³/mol. The Hall–Kier alpha value is -2.31. The Kier molecular flexibility index (Phi) is 3.64. The molecular formula is C18H13BrN2. The van der Waals surface area contributed by atoms with Crippen LogP contribution in [0.3, 0.4) is 0 Å². The zero-order valence-corrected chi connectivity index (χ0v) is 13.1. The van der Waals surface area contributed by atoms with Gasteiger partial charge in [0.05, 0.1) is 11.3 Å². The number of halogens is 1. The third kappa shape index (κ3) is 2.91. The molecule has 0 heterocycles. The second-order valence-corrected chi connectivity index (χ2v) is 5.91. The highest BCUT2D eigenvalue weighted by Crippen LogP contribution is 2.26. The van der Waals surface area contributed by atoms with Crippen molar-refractivity contribution in [2.45, 2.75) is 6.92 Å². The minimum atomic E-state index is 0.658. The van der Waals surface area contributed by atoms with Crippen molar-refractivity contribution in [3.63, 3.8) is 0 Å². The number of rotatable bonds is 2. The quantitative estimate of drug-likeness (QED) is 0.668. The monoisotopic (exact) mass is 336 g/mol. The summed E-state index contributed by atoms with van der Waals surface area (Å²) in [4.78, 5) is 0. The number of aryl methyl sites for hydroxylation is 1. The number of fused-ring (bicyclic) bond motifs is 1. The lowest BCUT2D eigenvalue weighted by molar-refractivity contribution is 1.41. The first kappa shape index (κ1) is 13.7. The Morgan fingerprint density at radius 2 is 1.71 bits per heavy atom. The van der Waals surface area contributed by atoms with E-state index in [4.69, 9.17) is 0 Å². The summed E-state index contributed by atoms with van der Waals surface area (Å²) in [5.74, 6) is 0. The van der Waals surface area contributed by atoms with E-state index in [-0.39, 0.29) is 0 Å². The molecule has 0 aliphatic carbocycles. The average Bonchev–Trinajstić information content (AvgIpc) is 2.49. The van der Waals surface area contributed by atoms with Crippen molar-refractivity contribution in [2.24, 2.45) is 0 Å². The number of nitriles is 1. The molecule has 2 nitrogen and oxygen atoms in total. The summed E-state index contributed by atoms with van der Waals surface area (Å²) in [6, 6.07) is 20.4. The molecule has 102 valence electrons. The molecule has 3 aromatic rings. The Bertz CT molecular complexity index is 863. The lowest BCUT2D eigenvalue weighted by Crippen LogP contribution is -1.94. The van der Waals surface area contributed by atoms with Crippen LogP contribution < -0.4 is 5.32 Å². The van der Waals surface area contributed by atoms with Gasteiger partial charge in [-0.05, 0) is 59.7 Å². The minimum Gasteiger partial charge on any atom is -0.354 e. The normalized spacial score (nSPS) is 10.3. The van der Waals surface area contributed by atoms with Gasteiger partial charge in [-0.25, -0.2) is 0 Å². The Labute approximate surface area is 132 Å². The van der Waals surface area contributed by atoms with Crippen LogP contribution in [0.15, 0.2) is 59.1 Å². The molecule has 1 N–H and O–H groups in total. The fourth-order valence-electron chi connectivity index (χ4n) is 2.31. The van der Waals surface area contributed by atoms with Gasteiger partial charge in [-0.1, -0.05) is 34.1 Å². The van der Waals surface area contributed by atoms with Crippen molar-refractivity contribution in [3.8, 4) is 6.07 Å². The van der Waals surface area contributed by atoms with Crippen LogP contribution in [-0.4, -0.2) is 0 Å². The van der Waals surface area contributed by atoms with Crippen LogP contribution in [-0.2, 0) is 0 Å². The standard InChI is InChI=1S/C18H13BrN2/c1-12-2-7-18(15(8-12)11-20)21-17-6-4-13-9-16(19)5-3-14(13)10-17/h2-10,21H,1H3. The van der Waals surface area contributed by atoms with Gasteiger partial charge in [0, 0.05) is 10.2 Å². The van der Waals surface area contributed by atoms with Crippen molar-refractivity contribution in [2.75, 3.05) is 5.32 Å². The molecule has 3 heteroatoms. The van der Waals surface area contributed by atoms with E-state index in [1.807, 2.05) is 37.3 Å². The van der Waals surface area contributed by atoms with Crippen LogP contribution in [0.2, 0.25) is 0 Å². The van der Waals surface area contributed by atoms with Gasteiger partial charge in [0.15, 0.2) is 0 Å². The molecule has 21 heavy (non-hydrogen) atoms. The Morgan fingerprint density at radius 1 is 0.952 bits per heavy atom. The van der Waals surface area contributed by atoms with Gasteiger partial charge in [-0.3, -0.25) is 0 Å². The van der Waals surface area contributed by atoms with Gasteiger partial charge in [0.2, 0.25) is 0 Å². The topological polar surface area (TPSA) is 35.8 Å². The Balaban J connectivity index is 1.99. The summed E-state index contributed by atoms with van der Waals surface area (Å²) >= 11 is 3.48. The fraction of sp³-hybridized carbons (Fsp3) is 0.0556. The number of benzene rings is 3. The van der Waals surface area contributed by atoms with Crippen LogP contribution in [0.25, 0.3) is 10.8 Å². The van der Waals surface area contributed by atoms with E-state index >= 15 is 0 Å². The van der Waals surface area contributed by atoms with Crippen molar-refractivity contribution >= 4 is 38.1 Å². The van der Waals surface area contributed by atoms with Crippen molar-refractivity contribution in [3.05, 3.63) is 70.2 Å². The van der Waals surface area contributed by atoms with E-state index in [0.29, 0.717) is 5.56 Å². The predicted octanol–water partition coefficient (Wildman–Crippen LogP) is 5.53. The van der Waals surface area contributed by atoms with Crippen LogP contribution in [0, 0.1) is 18.3 Å². The number of nitrogens with zero attached hydrogens (tertiary/aromatic N) is 1. The maximum atomic E-state index is 9.23. The number of hydrogen-bond acceptors (Lipinski definition) is 2. The molecule has 0 unspecified atom stereocenters. The average molecular weight is 337 g/mol. The van der Waals surface area contributed by atoms with Gasteiger partial charge in [0.25, 0.3) is 0 Å². The van der Waals surface area contributed by atoms with E-state index < -0.39 is 0 Å². The summed E-state index contributed by atoms with van der Waals surface area (Å²) in [5, 5.41) is 14.9. The third-order valence-corrected chi connectivity index (χ3v) is 3.87. The maximum absolute atomic E-state index is 9.23. The highest BCUT2D eigenvalue weighted by Gasteiger charge is 2.03. The summed E-state index contributed by atoms with van der Waals surface area (Å²) in [6.07, 6.45) is 0. The number of nitrogens with one attached hydrogen (secondary N) is 1. The van der Waals surface area contributed by atoms with Gasteiger partial charge in [-0.2, -0.15) is 5.26 Å². The van der Waals surface area contributed by atoms with E-state index in [2.05, 4.69) is 51.6 Å². The second kappa shape index (κ2) is 5.59. The summed E-state index contributed by atoms with van der Waals surface area (Å²) < 4.78 is 1.07. The molecule has 0 saturated heterocycles. The highest BCUT2D eigenvalue weighted by atomic mass is 79.9. The van der Waals surface area contributed by atoms with Gasteiger partial charge >= 0.3 is 0 Å². The molecule has 3 aromatic carbocycles. The molecule has 0 aliphatic heterocycles. The number of hydrogen-bond donors (Lipinski definition) is 1. The molecule has 0 fully saturated rings. The largest absolute Gasteiger partial charge is 0.354 e. The van der Waals surface area contributed by atoms with E-state index in [0.717, 1.165) is 26.8 Å². The van der Waals surface area contributed by atoms with Gasteiger partial charge < -0.3 is 5.32 Å². The second-order valence-electron chi connectivity index (χ2n) is 4.99. The molecule has 0 aliphatic rings. The molecule has 0 bridgehead atoms. The van der Waals surface area contributed by atoms with Crippen molar-refractivity contribution in [1.29, 1.82) is 5.26 Å². The van der Waals surface area contributed by atoms with Crippen LogP contribution in [0.5, 0.6) is 0 Å². The Morgan fingerprint density at radius 3 is 2.52 bits per heavy atom. The smallest absolute Gasteiger partial charge is 0.101 e. The van der Waals surface area contributed by atoms with Crippen LogP contribution in [0.1, 0.15) is 11.1 Å². The van der Waals surface area contributed by atoms with Crippen molar-refractivity contribution in [1.82, 2.24) is 0 Å². The molecule has 0 radical (unpaired) electrons. The lowest BCUT2D eigenvalue weighted by Gasteiger charge is -2.10. The zero-order valence-electron chi connectivity index (χ0n) is 11.5. The highest BCUT2D eigenvalue weighted by molar-refractivity contribution is 9.10. The SMILES string of the molecule is Cc1ccc(Nc2ccc3cc(Br)ccc3c2)c(C#N)c1. The minimum absolute atomic E-state index is 0.658. The lowest BCUT2D eigenvalue weighted by atomic mass is 10.1. The summed E-state index contributed by atoms with van der Waals surface area (Å²) in [6.45, 7) is 1.98. The molecule has 0 amide bonds.